The summed E-state index contributed by atoms with van der Waals surface area (Å²) in [5.74, 6) is 0. The van der Waals surface area contributed by atoms with Crippen molar-refractivity contribution < 1.29 is 4.42 Å². The molecule has 0 saturated carbocycles. The fraction of sp³-hybridized carbons (Fsp3) is 0.0435. The Morgan fingerprint density at radius 3 is 2.40 bits per heavy atom. The predicted molar refractivity (Wildman–Crippen MR) is 107 cm³/mol. The summed E-state index contributed by atoms with van der Waals surface area (Å²) in [7, 11) is 0. The van der Waals surface area contributed by atoms with Crippen LogP contribution < -0.4 is 0 Å². The Kier molecular flexibility index (Phi) is 3.32. The SMILES string of the molecule is Cc1ccc2oc3cc4ccccc4c(Sc4ccccc4)c3c2c1. The summed E-state index contributed by atoms with van der Waals surface area (Å²) in [6.45, 7) is 2.13. The van der Waals surface area contributed by atoms with Gasteiger partial charge in [0.15, 0.2) is 0 Å². The van der Waals surface area contributed by atoms with Gasteiger partial charge in [-0.25, -0.2) is 0 Å². The van der Waals surface area contributed by atoms with Crippen LogP contribution in [-0.4, -0.2) is 0 Å². The molecule has 0 atom stereocenters. The lowest BCUT2D eigenvalue weighted by molar-refractivity contribution is 0.669. The second-order valence-corrected chi connectivity index (χ2v) is 7.40. The van der Waals surface area contributed by atoms with Gasteiger partial charge >= 0.3 is 0 Å². The summed E-state index contributed by atoms with van der Waals surface area (Å²) >= 11 is 1.81. The highest BCUT2D eigenvalue weighted by Gasteiger charge is 2.16. The van der Waals surface area contributed by atoms with Crippen molar-refractivity contribution in [3.63, 3.8) is 0 Å². The summed E-state index contributed by atoms with van der Waals surface area (Å²) in [6, 6.07) is 27.7. The predicted octanol–water partition coefficient (Wildman–Crippen LogP) is 7.20. The average Bonchev–Trinajstić information content (AvgIpc) is 3.00. The molecule has 0 fully saturated rings. The van der Waals surface area contributed by atoms with Gasteiger partial charge in [0.25, 0.3) is 0 Å². The maximum Gasteiger partial charge on any atom is 0.137 e. The van der Waals surface area contributed by atoms with Gasteiger partial charge in [0.2, 0.25) is 0 Å². The molecule has 1 nitrogen and oxygen atoms in total. The first kappa shape index (κ1) is 14.6. The number of hydrogen-bond acceptors (Lipinski definition) is 2. The zero-order chi connectivity index (χ0) is 16.8. The first-order valence-electron chi connectivity index (χ1n) is 8.37. The molecule has 0 bridgehead atoms. The van der Waals surface area contributed by atoms with Gasteiger partial charge in [0.1, 0.15) is 11.2 Å². The molecule has 1 aromatic heterocycles. The Balaban J connectivity index is 1.92. The van der Waals surface area contributed by atoms with Gasteiger partial charge in [0.05, 0.1) is 0 Å². The molecule has 1 heterocycles. The van der Waals surface area contributed by atoms with Gasteiger partial charge < -0.3 is 4.42 Å². The zero-order valence-electron chi connectivity index (χ0n) is 13.8. The van der Waals surface area contributed by atoms with Gasteiger partial charge in [-0.2, -0.15) is 0 Å². The number of aryl methyl sites for hydroxylation is 1. The lowest BCUT2D eigenvalue weighted by atomic mass is 10.0. The molecule has 0 aliphatic rings. The third kappa shape index (κ3) is 2.41. The lowest BCUT2D eigenvalue weighted by Crippen LogP contribution is -1.81. The second-order valence-electron chi connectivity index (χ2n) is 6.32. The van der Waals surface area contributed by atoms with Gasteiger partial charge in [-0.1, -0.05) is 65.9 Å². The summed E-state index contributed by atoms with van der Waals surface area (Å²) < 4.78 is 6.18. The Morgan fingerprint density at radius 2 is 1.52 bits per heavy atom. The minimum absolute atomic E-state index is 0.950. The van der Waals surface area contributed by atoms with E-state index in [4.69, 9.17) is 4.42 Å². The third-order valence-electron chi connectivity index (χ3n) is 4.55. The minimum Gasteiger partial charge on any atom is -0.456 e. The van der Waals surface area contributed by atoms with Crippen molar-refractivity contribution in [3.05, 3.63) is 84.4 Å². The van der Waals surface area contributed by atoms with Crippen LogP contribution in [0, 0.1) is 6.92 Å². The van der Waals surface area contributed by atoms with Crippen molar-refractivity contribution in [1.82, 2.24) is 0 Å². The highest BCUT2D eigenvalue weighted by Crippen LogP contribution is 2.43. The van der Waals surface area contributed by atoms with Crippen LogP contribution in [0.5, 0.6) is 0 Å². The Morgan fingerprint density at radius 1 is 0.720 bits per heavy atom. The summed E-state index contributed by atoms with van der Waals surface area (Å²) in [5.41, 5.74) is 3.16. The third-order valence-corrected chi connectivity index (χ3v) is 5.69. The molecule has 0 amide bonds. The minimum atomic E-state index is 0.950. The summed E-state index contributed by atoms with van der Waals surface area (Å²) in [5, 5.41) is 4.89. The van der Waals surface area contributed by atoms with E-state index in [9.17, 15) is 0 Å². The van der Waals surface area contributed by atoms with Gasteiger partial charge in [-0.15, -0.1) is 0 Å². The lowest BCUT2D eigenvalue weighted by Gasteiger charge is -2.08. The Labute approximate surface area is 150 Å². The molecule has 0 spiro atoms. The first-order chi connectivity index (χ1) is 12.3. The van der Waals surface area contributed by atoms with Crippen LogP contribution in [0.25, 0.3) is 32.7 Å². The summed E-state index contributed by atoms with van der Waals surface area (Å²) in [6.07, 6.45) is 0. The summed E-state index contributed by atoms with van der Waals surface area (Å²) in [4.78, 5) is 2.51. The molecule has 2 heteroatoms. The van der Waals surface area contributed by atoms with E-state index in [0.717, 1.165) is 11.2 Å². The van der Waals surface area contributed by atoms with E-state index in [1.165, 1.54) is 36.9 Å². The van der Waals surface area contributed by atoms with Crippen molar-refractivity contribution in [2.24, 2.45) is 0 Å². The molecule has 25 heavy (non-hydrogen) atoms. The Bertz CT molecular complexity index is 1220. The topological polar surface area (TPSA) is 13.1 Å². The molecule has 0 radical (unpaired) electrons. The van der Waals surface area contributed by atoms with Gasteiger partial charge in [-0.05, 0) is 48.0 Å². The average molecular weight is 340 g/mol. The van der Waals surface area contributed by atoms with Gasteiger partial charge in [0, 0.05) is 20.6 Å². The van der Waals surface area contributed by atoms with Crippen LogP contribution in [0.4, 0.5) is 0 Å². The number of fused-ring (bicyclic) bond motifs is 4. The molecule has 0 saturated heterocycles. The quantitative estimate of drug-likeness (QED) is 0.337. The molecule has 0 N–H and O–H groups in total. The van der Waals surface area contributed by atoms with E-state index < -0.39 is 0 Å². The van der Waals surface area contributed by atoms with Gasteiger partial charge in [-0.3, -0.25) is 0 Å². The molecular formula is C23H16OS. The van der Waals surface area contributed by atoms with E-state index in [0.29, 0.717) is 0 Å². The Hall–Kier alpha value is -2.71. The number of rotatable bonds is 2. The van der Waals surface area contributed by atoms with E-state index in [1.807, 2.05) is 11.8 Å². The smallest absolute Gasteiger partial charge is 0.137 e. The largest absolute Gasteiger partial charge is 0.456 e. The molecule has 4 aromatic carbocycles. The fourth-order valence-corrected chi connectivity index (χ4v) is 4.52. The molecule has 0 unspecified atom stereocenters. The highest BCUT2D eigenvalue weighted by atomic mass is 32.2. The molecule has 0 aliphatic heterocycles. The van der Waals surface area contributed by atoms with Crippen LogP contribution in [0.2, 0.25) is 0 Å². The maximum absolute atomic E-state index is 6.18. The molecule has 0 aliphatic carbocycles. The van der Waals surface area contributed by atoms with Crippen molar-refractivity contribution in [2.45, 2.75) is 16.7 Å². The van der Waals surface area contributed by atoms with Crippen LogP contribution >= 0.6 is 11.8 Å². The standard InChI is InChI=1S/C23H16OS/c1-15-11-12-20-19(13-15)22-21(24-20)14-16-7-5-6-10-18(16)23(22)25-17-8-3-2-4-9-17/h2-14H,1H3. The highest BCUT2D eigenvalue weighted by molar-refractivity contribution is 7.99. The van der Waals surface area contributed by atoms with Crippen LogP contribution in [0.1, 0.15) is 5.56 Å². The molecule has 5 aromatic rings. The van der Waals surface area contributed by atoms with E-state index in [-0.39, 0.29) is 0 Å². The number of benzene rings is 4. The number of hydrogen-bond donors (Lipinski definition) is 0. The maximum atomic E-state index is 6.18. The van der Waals surface area contributed by atoms with Crippen LogP contribution in [-0.2, 0) is 0 Å². The van der Waals surface area contributed by atoms with E-state index in [1.54, 1.807) is 0 Å². The zero-order valence-corrected chi connectivity index (χ0v) is 14.6. The second kappa shape index (κ2) is 5.68. The van der Waals surface area contributed by atoms with Crippen molar-refractivity contribution in [1.29, 1.82) is 0 Å². The number of furan rings is 1. The molecule has 120 valence electrons. The van der Waals surface area contributed by atoms with E-state index in [2.05, 4.69) is 85.8 Å². The normalized spacial score (nSPS) is 11.6. The van der Waals surface area contributed by atoms with Crippen molar-refractivity contribution in [3.8, 4) is 0 Å². The fourth-order valence-electron chi connectivity index (χ4n) is 3.38. The van der Waals surface area contributed by atoms with Crippen molar-refractivity contribution in [2.75, 3.05) is 0 Å². The monoisotopic (exact) mass is 340 g/mol. The van der Waals surface area contributed by atoms with Crippen molar-refractivity contribution >= 4 is 44.5 Å². The first-order valence-corrected chi connectivity index (χ1v) is 9.19. The molecule has 5 rings (SSSR count). The van der Waals surface area contributed by atoms with Crippen LogP contribution in [0.3, 0.4) is 0 Å². The van der Waals surface area contributed by atoms with E-state index >= 15 is 0 Å². The molecular weight excluding hydrogens is 324 g/mol. The van der Waals surface area contributed by atoms with Crippen LogP contribution in [0.15, 0.2) is 93.1 Å².